The van der Waals surface area contributed by atoms with Crippen LogP contribution in [0.4, 0.5) is 11.4 Å². The van der Waals surface area contributed by atoms with E-state index in [1.165, 1.54) is 11.8 Å². The smallest absolute Gasteiger partial charge is 0.257 e. The molecule has 4 aromatic rings. The number of benzene rings is 3. The summed E-state index contributed by atoms with van der Waals surface area (Å²) in [5.41, 5.74) is 4.51. The van der Waals surface area contributed by atoms with Gasteiger partial charge in [-0.2, -0.15) is 0 Å². The van der Waals surface area contributed by atoms with E-state index in [0.29, 0.717) is 24.2 Å². The number of anilines is 2. The highest BCUT2D eigenvalue weighted by molar-refractivity contribution is 7.99. The van der Waals surface area contributed by atoms with Crippen LogP contribution in [0.25, 0.3) is 22.6 Å². The van der Waals surface area contributed by atoms with E-state index in [4.69, 9.17) is 14.1 Å². The Balaban J connectivity index is 1.31. The number of morpholine rings is 1. The molecular weight excluding hydrogens is 446 g/mol. The maximum Gasteiger partial charge on any atom is 0.257 e. The molecule has 0 spiro atoms. The van der Waals surface area contributed by atoms with Crippen LogP contribution < -0.4 is 10.2 Å². The molecule has 1 fully saturated rings. The normalized spacial score (nSPS) is 13.6. The van der Waals surface area contributed by atoms with Crippen LogP contribution >= 0.6 is 11.8 Å². The summed E-state index contributed by atoms with van der Waals surface area (Å²) >= 11 is 1.29. The number of ether oxygens (including phenoxy) is 1. The molecule has 1 aliphatic rings. The number of aromatic nitrogens is 1. The summed E-state index contributed by atoms with van der Waals surface area (Å²) in [6.07, 6.45) is 0. The summed E-state index contributed by atoms with van der Waals surface area (Å²) in [6.45, 7) is 3.00. The number of nitrogens with one attached hydrogen (secondary N) is 1. The second-order valence-electron chi connectivity index (χ2n) is 7.84. The first-order chi connectivity index (χ1) is 16.8. The number of carbonyl (C=O) groups excluding carboxylic acids is 1. The van der Waals surface area contributed by atoms with Crippen LogP contribution in [-0.2, 0) is 9.53 Å². The Labute approximate surface area is 203 Å². The molecule has 5 rings (SSSR count). The first-order valence-corrected chi connectivity index (χ1v) is 12.2. The van der Waals surface area contributed by atoms with Crippen molar-refractivity contribution in [2.24, 2.45) is 0 Å². The predicted molar refractivity (Wildman–Crippen MR) is 136 cm³/mol. The lowest BCUT2D eigenvalue weighted by atomic mass is 10.1. The zero-order valence-electron chi connectivity index (χ0n) is 18.6. The molecule has 2 heterocycles. The zero-order chi connectivity index (χ0) is 23.2. The van der Waals surface area contributed by atoms with Gasteiger partial charge in [0.1, 0.15) is 5.69 Å². The quantitative estimate of drug-likeness (QED) is 0.355. The third kappa shape index (κ3) is 5.16. The molecule has 172 valence electrons. The van der Waals surface area contributed by atoms with Crippen molar-refractivity contribution in [2.75, 3.05) is 42.3 Å². The van der Waals surface area contributed by atoms with Crippen molar-refractivity contribution in [1.82, 2.24) is 4.98 Å². The van der Waals surface area contributed by atoms with Crippen LogP contribution in [-0.4, -0.2) is 42.9 Å². The average Bonchev–Trinajstić information content (AvgIpc) is 3.34. The molecule has 6 nitrogen and oxygen atoms in total. The largest absolute Gasteiger partial charge is 0.431 e. The van der Waals surface area contributed by atoms with Gasteiger partial charge in [-0.05, 0) is 12.1 Å². The van der Waals surface area contributed by atoms with E-state index in [0.717, 1.165) is 41.3 Å². The SMILES string of the molecule is O=C(CSc1nc(-c2ccccc2)c(-c2ccccc2)o1)Nc1ccccc1N1CCOCC1. The second-order valence-corrected chi connectivity index (χ2v) is 8.77. The van der Waals surface area contributed by atoms with E-state index in [9.17, 15) is 4.79 Å². The third-order valence-corrected chi connectivity index (χ3v) is 6.38. The van der Waals surface area contributed by atoms with E-state index < -0.39 is 0 Å². The fourth-order valence-electron chi connectivity index (χ4n) is 3.91. The van der Waals surface area contributed by atoms with Crippen molar-refractivity contribution < 1.29 is 13.9 Å². The minimum atomic E-state index is -0.105. The number of para-hydroxylation sites is 2. The summed E-state index contributed by atoms with van der Waals surface area (Å²) in [4.78, 5) is 19.8. The van der Waals surface area contributed by atoms with Gasteiger partial charge in [-0.15, -0.1) is 0 Å². The maximum atomic E-state index is 12.8. The summed E-state index contributed by atoms with van der Waals surface area (Å²) in [7, 11) is 0. The van der Waals surface area contributed by atoms with Crippen LogP contribution in [0.15, 0.2) is 94.6 Å². The fraction of sp³-hybridized carbons (Fsp3) is 0.185. The number of nitrogens with zero attached hydrogens (tertiary/aromatic N) is 2. The minimum absolute atomic E-state index is 0.105. The number of thioether (sulfide) groups is 1. The first kappa shape index (κ1) is 22.3. The standard InChI is InChI=1S/C27H25N3O3S/c31-24(28-22-13-7-8-14-23(22)30-15-17-32-18-16-30)19-34-27-29-25(20-9-3-1-4-10-20)26(33-27)21-11-5-2-6-12-21/h1-14H,15-19H2,(H,28,31). The van der Waals surface area contributed by atoms with Crippen LogP contribution in [0.5, 0.6) is 0 Å². The molecule has 1 aliphatic heterocycles. The fourth-order valence-corrected chi connectivity index (χ4v) is 4.54. The summed E-state index contributed by atoms with van der Waals surface area (Å²) in [5, 5.41) is 3.52. The summed E-state index contributed by atoms with van der Waals surface area (Å²) in [6, 6.07) is 27.7. The van der Waals surface area contributed by atoms with E-state index in [2.05, 4.69) is 10.2 Å². The van der Waals surface area contributed by atoms with Gasteiger partial charge in [-0.3, -0.25) is 4.79 Å². The molecule has 1 amide bonds. The molecule has 0 bridgehead atoms. The van der Waals surface area contributed by atoms with Crippen LogP contribution in [0, 0.1) is 0 Å². The van der Waals surface area contributed by atoms with Crippen molar-refractivity contribution >= 4 is 29.0 Å². The number of rotatable bonds is 7. The molecule has 0 saturated carbocycles. The van der Waals surface area contributed by atoms with Crippen molar-refractivity contribution in [1.29, 1.82) is 0 Å². The molecule has 0 unspecified atom stereocenters. The Hall–Kier alpha value is -3.55. The Morgan fingerprint density at radius 2 is 1.53 bits per heavy atom. The molecule has 34 heavy (non-hydrogen) atoms. The summed E-state index contributed by atoms with van der Waals surface area (Å²) < 4.78 is 11.6. The Kier molecular flexibility index (Phi) is 6.93. The lowest BCUT2D eigenvalue weighted by Crippen LogP contribution is -2.36. The van der Waals surface area contributed by atoms with E-state index in [1.807, 2.05) is 84.9 Å². The van der Waals surface area contributed by atoms with Gasteiger partial charge in [0.05, 0.1) is 30.3 Å². The summed E-state index contributed by atoms with van der Waals surface area (Å²) in [5.74, 6) is 0.791. The lowest BCUT2D eigenvalue weighted by molar-refractivity contribution is -0.113. The van der Waals surface area contributed by atoms with Crippen LogP contribution in [0.1, 0.15) is 0 Å². The zero-order valence-corrected chi connectivity index (χ0v) is 19.5. The molecule has 1 N–H and O–H groups in total. The average molecular weight is 472 g/mol. The van der Waals surface area contributed by atoms with Gasteiger partial charge in [-0.25, -0.2) is 4.98 Å². The molecule has 1 saturated heterocycles. The van der Waals surface area contributed by atoms with Crippen molar-refractivity contribution in [3.63, 3.8) is 0 Å². The second kappa shape index (κ2) is 10.6. The van der Waals surface area contributed by atoms with E-state index in [-0.39, 0.29) is 11.7 Å². The molecule has 3 aromatic carbocycles. The number of hydrogen-bond donors (Lipinski definition) is 1. The first-order valence-electron chi connectivity index (χ1n) is 11.2. The van der Waals surface area contributed by atoms with Crippen molar-refractivity contribution in [3.8, 4) is 22.6 Å². The van der Waals surface area contributed by atoms with Gasteiger partial charge in [0.15, 0.2) is 5.76 Å². The molecular formula is C27H25N3O3S. The molecule has 0 aliphatic carbocycles. The van der Waals surface area contributed by atoms with Gasteiger partial charge >= 0.3 is 0 Å². The Morgan fingerprint density at radius 1 is 0.882 bits per heavy atom. The number of oxazole rings is 1. The number of amides is 1. The van der Waals surface area contributed by atoms with Crippen molar-refractivity contribution in [2.45, 2.75) is 5.22 Å². The molecule has 0 radical (unpaired) electrons. The van der Waals surface area contributed by atoms with Gasteiger partial charge in [-0.1, -0.05) is 84.6 Å². The highest BCUT2D eigenvalue weighted by Gasteiger charge is 2.19. The monoisotopic (exact) mass is 471 g/mol. The minimum Gasteiger partial charge on any atom is -0.431 e. The van der Waals surface area contributed by atoms with E-state index >= 15 is 0 Å². The van der Waals surface area contributed by atoms with Gasteiger partial charge in [0.2, 0.25) is 5.91 Å². The molecule has 0 atom stereocenters. The highest BCUT2D eigenvalue weighted by atomic mass is 32.2. The third-order valence-electron chi connectivity index (χ3n) is 5.55. The van der Waals surface area contributed by atoms with Crippen LogP contribution in [0.2, 0.25) is 0 Å². The van der Waals surface area contributed by atoms with Gasteiger partial charge in [0.25, 0.3) is 5.22 Å². The van der Waals surface area contributed by atoms with E-state index in [1.54, 1.807) is 0 Å². The van der Waals surface area contributed by atoms with Gasteiger partial charge < -0.3 is 19.4 Å². The Bertz CT molecular complexity index is 1180. The lowest BCUT2D eigenvalue weighted by Gasteiger charge is -2.30. The van der Waals surface area contributed by atoms with Gasteiger partial charge in [0, 0.05) is 24.2 Å². The Morgan fingerprint density at radius 3 is 2.26 bits per heavy atom. The van der Waals surface area contributed by atoms with Crippen molar-refractivity contribution in [3.05, 3.63) is 84.9 Å². The topological polar surface area (TPSA) is 67.6 Å². The highest BCUT2D eigenvalue weighted by Crippen LogP contribution is 2.35. The number of hydrogen-bond acceptors (Lipinski definition) is 6. The molecule has 7 heteroatoms. The maximum absolute atomic E-state index is 12.8. The number of carbonyl (C=O) groups is 1. The molecule has 1 aromatic heterocycles. The predicted octanol–water partition coefficient (Wildman–Crippen LogP) is 5.58. The van der Waals surface area contributed by atoms with Crippen LogP contribution in [0.3, 0.4) is 0 Å².